The van der Waals surface area contributed by atoms with Gasteiger partial charge >= 0.3 is 0 Å². The summed E-state index contributed by atoms with van der Waals surface area (Å²) in [5.74, 6) is 0. The van der Waals surface area contributed by atoms with Crippen LogP contribution in [-0.2, 0) is 4.74 Å². The molecule has 9 heavy (non-hydrogen) atoms. The highest BCUT2D eigenvalue weighted by Crippen LogP contribution is 1.94. The lowest BCUT2D eigenvalue weighted by molar-refractivity contribution is -0.0424. The van der Waals surface area contributed by atoms with Gasteiger partial charge in [-0.05, 0) is 13.8 Å². The highest BCUT2D eigenvalue weighted by molar-refractivity contribution is 4.50. The summed E-state index contributed by atoms with van der Waals surface area (Å²) in [7, 11) is 0. The van der Waals surface area contributed by atoms with E-state index in [9.17, 15) is 0 Å². The SMILES string of the molecule is C[C@H](CO)O[C@H](C)CO. The van der Waals surface area contributed by atoms with Crippen LogP contribution in [0.3, 0.4) is 0 Å². The van der Waals surface area contributed by atoms with Gasteiger partial charge in [-0.1, -0.05) is 0 Å². The summed E-state index contributed by atoms with van der Waals surface area (Å²) in [5.41, 5.74) is 0. The molecule has 0 heterocycles. The fourth-order valence-corrected chi connectivity index (χ4v) is 0.483. The second-order valence-electron chi connectivity index (χ2n) is 2.12. The molecule has 2 atom stereocenters. The van der Waals surface area contributed by atoms with Crippen LogP contribution in [0.5, 0.6) is 0 Å². The minimum absolute atomic E-state index is 0.00431. The molecule has 0 saturated heterocycles. The van der Waals surface area contributed by atoms with Crippen molar-refractivity contribution < 1.29 is 14.9 Å². The van der Waals surface area contributed by atoms with Gasteiger partial charge in [-0.15, -0.1) is 0 Å². The van der Waals surface area contributed by atoms with E-state index in [-0.39, 0.29) is 25.4 Å². The van der Waals surface area contributed by atoms with Crippen LogP contribution in [0.25, 0.3) is 0 Å². The number of rotatable bonds is 4. The molecule has 0 saturated carbocycles. The van der Waals surface area contributed by atoms with E-state index in [0.29, 0.717) is 0 Å². The van der Waals surface area contributed by atoms with Crippen molar-refractivity contribution in [1.29, 1.82) is 0 Å². The first-order valence-corrected chi connectivity index (χ1v) is 3.08. The van der Waals surface area contributed by atoms with Gasteiger partial charge in [0.05, 0.1) is 25.4 Å². The topological polar surface area (TPSA) is 49.7 Å². The Morgan fingerprint density at radius 3 is 1.67 bits per heavy atom. The van der Waals surface area contributed by atoms with Crippen LogP contribution in [0.2, 0.25) is 0 Å². The van der Waals surface area contributed by atoms with Crippen LogP contribution in [0.1, 0.15) is 13.8 Å². The molecule has 0 aromatic carbocycles. The molecule has 3 heteroatoms. The number of aliphatic hydroxyl groups is 2. The molecule has 56 valence electrons. The van der Waals surface area contributed by atoms with E-state index >= 15 is 0 Å². The van der Waals surface area contributed by atoms with Crippen LogP contribution in [0, 0.1) is 0 Å². The largest absolute Gasteiger partial charge is 0.394 e. The summed E-state index contributed by atoms with van der Waals surface area (Å²) in [4.78, 5) is 0. The van der Waals surface area contributed by atoms with Gasteiger partial charge in [-0.2, -0.15) is 0 Å². The zero-order valence-corrected chi connectivity index (χ0v) is 5.87. The molecule has 0 aliphatic rings. The van der Waals surface area contributed by atoms with E-state index in [1.165, 1.54) is 0 Å². The van der Waals surface area contributed by atoms with Gasteiger partial charge in [0.2, 0.25) is 0 Å². The Morgan fingerprint density at radius 1 is 1.11 bits per heavy atom. The van der Waals surface area contributed by atoms with E-state index in [1.807, 2.05) is 0 Å². The zero-order valence-electron chi connectivity index (χ0n) is 5.87. The molecule has 0 aromatic heterocycles. The average molecular weight is 134 g/mol. The van der Waals surface area contributed by atoms with Crippen molar-refractivity contribution in [1.82, 2.24) is 0 Å². The van der Waals surface area contributed by atoms with Crippen LogP contribution >= 0.6 is 0 Å². The lowest BCUT2D eigenvalue weighted by atomic mass is 10.4. The molecule has 0 spiro atoms. The van der Waals surface area contributed by atoms with E-state index in [1.54, 1.807) is 13.8 Å². The molecule has 0 fully saturated rings. The molecule has 0 aromatic rings. The lowest BCUT2D eigenvalue weighted by Crippen LogP contribution is -2.22. The molecule has 0 aliphatic carbocycles. The lowest BCUT2D eigenvalue weighted by Gasteiger charge is -2.14. The Balaban J connectivity index is 3.22. The third-order valence-electron chi connectivity index (χ3n) is 0.979. The maximum atomic E-state index is 8.47. The highest BCUT2D eigenvalue weighted by Gasteiger charge is 2.04. The Morgan fingerprint density at radius 2 is 1.44 bits per heavy atom. The number of ether oxygens (including phenoxy) is 1. The minimum atomic E-state index is -0.174. The summed E-state index contributed by atoms with van der Waals surface area (Å²) < 4.78 is 5.05. The second-order valence-corrected chi connectivity index (χ2v) is 2.12. The summed E-state index contributed by atoms with van der Waals surface area (Å²) in [6.45, 7) is 3.52. The summed E-state index contributed by atoms with van der Waals surface area (Å²) >= 11 is 0. The van der Waals surface area contributed by atoms with Gasteiger partial charge in [0.15, 0.2) is 0 Å². The second kappa shape index (κ2) is 4.73. The molecular formula is C6H14O3. The van der Waals surface area contributed by atoms with E-state index < -0.39 is 0 Å². The van der Waals surface area contributed by atoms with Crippen LogP contribution in [-0.4, -0.2) is 35.6 Å². The highest BCUT2D eigenvalue weighted by atomic mass is 16.5. The van der Waals surface area contributed by atoms with E-state index in [4.69, 9.17) is 14.9 Å². The molecule has 0 radical (unpaired) electrons. The molecule has 0 aliphatic heterocycles. The fourth-order valence-electron chi connectivity index (χ4n) is 0.483. The van der Waals surface area contributed by atoms with Gasteiger partial charge in [-0.25, -0.2) is 0 Å². The maximum Gasteiger partial charge on any atom is 0.0782 e. The Hall–Kier alpha value is -0.120. The Kier molecular flexibility index (Phi) is 4.67. The molecule has 2 N–H and O–H groups in total. The Bertz CT molecular complexity index is 57.3. The molecule has 0 rings (SSSR count). The van der Waals surface area contributed by atoms with E-state index in [0.717, 1.165) is 0 Å². The van der Waals surface area contributed by atoms with E-state index in [2.05, 4.69) is 0 Å². The summed E-state index contributed by atoms with van der Waals surface area (Å²) in [6.07, 6.45) is -0.348. The summed E-state index contributed by atoms with van der Waals surface area (Å²) in [5, 5.41) is 16.9. The third-order valence-corrected chi connectivity index (χ3v) is 0.979. The average Bonchev–Trinajstić information content (AvgIpc) is 1.87. The van der Waals surface area contributed by atoms with Gasteiger partial charge in [0.1, 0.15) is 0 Å². The summed E-state index contributed by atoms with van der Waals surface area (Å²) in [6, 6.07) is 0. The van der Waals surface area contributed by atoms with Crippen LogP contribution in [0.4, 0.5) is 0 Å². The zero-order chi connectivity index (χ0) is 7.28. The van der Waals surface area contributed by atoms with Crippen molar-refractivity contribution in [3.05, 3.63) is 0 Å². The monoisotopic (exact) mass is 134 g/mol. The molecular weight excluding hydrogens is 120 g/mol. The first kappa shape index (κ1) is 8.88. The van der Waals surface area contributed by atoms with Crippen LogP contribution < -0.4 is 0 Å². The number of hydrogen-bond acceptors (Lipinski definition) is 3. The normalized spacial score (nSPS) is 17.3. The van der Waals surface area contributed by atoms with Gasteiger partial charge in [-0.3, -0.25) is 0 Å². The van der Waals surface area contributed by atoms with Crippen molar-refractivity contribution in [2.24, 2.45) is 0 Å². The van der Waals surface area contributed by atoms with Crippen molar-refractivity contribution in [2.45, 2.75) is 26.1 Å². The minimum Gasteiger partial charge on any atom is -0.394 e. The molecule has 3 nitrogen and oxygen atoms in total. The van der Waals surface area contributed by atoms with Crippen molar-refractivity contribution >= 4 is 0 Å². The maximum absolute atomic E-state index is 8.47. The molecule has 0 bridgehead atoms. The Labute approximate surface area is 55.3 Å². The van der Waals surface area contributed by atoms with Gasteiger partial charge in [0, 0.05) is 0 Å². The quantitative estimate of drug-likeness (QED) is 0.558. The predicted molar refractivity (Wildman–Crippen MR) is 34.2 cm³/mol. The smallest absolute Gasteiger partial charge is 0.0782 e. The van der Waals surface area contributed by atoms with Crippen molar-refractivity contribution in [3.8, 4) is 0 Å². The first-order chi connectivity index (χ1) is 4.20. The fraction of sp³-hybridized carbons (Fsp3) is 1.00. The third kappa shape index (κ3) is 4.39. The molecule has 0 amide bonds. The number of aliphatic hydroxyl groups excluding tert-OH is 2. The van der Waals surface area contributed by atoms with Gasteiger partial charge in [0.25, 0.3) is 0 Å². The molecule has 0 unspecified atom stereocenters. The van der Waals surface area contributed by atoms with Crippen molar-refractivity contribution in [3.63, 3.8) is 0 Å². The van der Waals surface area contributed by atoms with Gasteiger partial charge < -0.3 is 14.9 Å². The standard InChI is InChI=1S/C6H14O3/c1-5(3-7)9-6(2)4-8/h5-8H,3-4H2,1-2H3/t5-,6-/m1/s1. The van der Waals surface area contributed by atoms with Crippen molar-refractivity contribution in [2.75, 3.05) is 13.2 Å². The first-order valence-electron chi connectivity index (χ1n) is 3.08. The predicted octanol–water partition coefficient (Wildman–Crippen LogP) is -0.235. The number of hydrogen-bond donors (Lipinski definition) is 2. The van der Waals surface area contributed by atoms with Crippen LogP contribution in [0.15, 0.2) is 0 Å².